The largest absolute Gasteiger partial charge is 0.393 e. The topological polar surface area (TPSA) is 40.5 Å². The quantitative estimate of drug-likeness (QED) is 0.444. The van der Waals surface area contributed by atoms with E-state index in [1.54, 1.807) is 5.57 Å². The maximum atomic E-state index is 10.8. The molecule has 32 heavy (non-hydrogen) atoms. The molecule has 0 aromatic carbocycles. The maximum Gasteiger partial charge on any atom is 0.0726 e. The molecule has 8 unspecified atom stereocenters. The van der Waals surface area contributed by atoms with Gasteiger partial charge in [-0.3, -0.25) is 0 Å². The summed E-state index contributed by atoms with van der Waals surface area (Å²) in [4.78, 5) is 0. The van der Waals surface area contributed by atoms with Crippen molar-refractivity contribution in [2.75, 3.05) is 0 Å². The first-order valence-corrected chi connectivity index (χ1v) is 13.5. The normalized spacial score (nSPS) is 44.9. The minimum Gasteiger partial charge on any atom is -0.393 e. The molecule has 0 aromatic rings. The van der Waals surface area contributed by atoms with Gasteiger partial charge in [0, 0.05) is 0 Å². The Balaban J connectivity index is 1.65. The lowest BCUT2D eigenvalue weighted by atomic mass is 9.43. The smallest absolute Gasteiger partial charge is 0.0726 e. The molecule has 0 spiro atoms. The van der Waals surface area contributed by atoms with Crippen molar-refractivity contribution in [2.24, 2.45) is 39.4 Å². The molecule has 4 aliphatic carbocycles. The summed E-state index contributed by atoms with van der Waals surface area (Å²) in [6, 6.07) is 0. The van der Waals surface area contributed by atoms with Crippen LogP contribution >= 0.6 is 0 Å². The lowest BCUT2D eigenvalue weighted by Crippen LogP contribution is -2.55. The summed E-state index contributed by atoms with van der Waals surface area (Å²) in [5.74, 6) is 1.84. The van der Waals surface area contributed by atoms with Crippen molar-refractivity contribution in [1.82, 2.24) is 0 Å². The Hall–Kier alpha value is -0.600. The SMILES string of the molecule is CC(C)=CC(O)CC(C)C1CCC2(C)C3=C(CCC12C)C1(C)CCC(O)C(C)(C)C1CC3. The monoisotopic (exact) mass is 442 g/mol. The van der Waals surface area contributed by atoms with Crippen LogP contribution in [-0.2, 0) is 0 Å². The first-order valence-electron chi connectivity index (χ1n) is 13.5. The molecule has 2 N–H and O–H groups in total. The highest BCUT2D eigenvalue weighted by Gasteiger charge is 2.63. The molecule has 4 aliphatic rings. The zero-order valence-corrected chi connectivity index (χ0v) is 22.2. The molecule has 0 saturated heterocycles. The van der Waals surface area contributed by atoms with Gasteiger partial charge in [0.15, 0.2) is 0 Å². The van der Waals surface area contributed by atoms with Crippen molar-refractivity contribution in [3.8, 4) is 0 Å². The van der Waals surface area contributed by atoms with E-state index >= 15 is 0 Å². The number of fused-ring (bicyclic) bond motifs is 4. The van der Waals surface area contributed by atoms with Crippen molar-refractivity contribution < 1.29 is 10.2 Å². The summed E-state index contributed by atoms with van der Waals surface area (Å²) in [6.07, 6.45) is 12.2. The van der Waals surface area contributed by atoms with Gasteiger partial charge < -0.3 is 10.2 Å². The van der Waals surface area contributed by atoms with E-state index in [1.807, 2.05) is 11.6 Å². The number of allylic oxidation sites excluding steroid dienone is 3. The van der Waals surface area contributed by atoms with Gasteiger partial charge in [0.05, 0.1) is 12.2 Å². The fourth-order valence-corrected chi connectivity index (χ4v) is 9.63. The van der Waals surface area contributed by atoms with Gasteiger partial charge >= 0.3 is 0 Å². The van der Waals surface area contributed by atoms with E-state index in [4.69, 9.17) is 0 Å². The highest BCUT2D eigenvalue weighted by molar-refractivity contribution is 5.38. The molecule has 0 heterocycles. The van der Waals surface area contributed by atoms with E-state index in [0.29, 0.717) is 28.6 Å². The van der Waals surface area contributed by atoms with Crippen LogP contribution in [0.3, 0.4) is 0 Å². The van der Waals surface area contributed by atoms with Crippen molar-refractivity contribution in [1.29, 1.82) is 0 Å². The van der Waals surface area contributed by atoms with Gasteiger partial charge in [-0.15, -0.1) is 0 Å². The summed E-state index contributed by atoms with van der Waals surface area (Å²) < 4.78 is 0. The average molecular weight is 443 g/mol. The highest BCUT2D eigenvalue weighted by atomic mass is 16.3. The zero-order valence-electron chi connectivity index (χ0n) is 22.2. The Bertz CT molecular complexity index is 802. The molecule has 2 saturated carbocycles. The van der Waals surface area contributed by atoms with Gasteiger partial charge in [-0.2, -0.15) is 0 Å². The van der Waals surface area contributed by atoms with Crippen LogP contribution in [0.15, 0.2) is 22.8 Å². The molecule has 2 nitrogen and oxygen atoms in total. The van der Waals surface area contributed by atoms with Gasteiger partial charge in [0.25, 0.3) is 0 Å². The molecule has 4 rings (SSSR count). The van der Waals surface area contributed by atoms with Crippen LogP contribution in [0.25, 0.3) is 0 Å². The Morgan fingerprint density at radius 2 is 1.66 bits per heavy atom. The lowest BCUT2D eigenvalue weighted by molar-refractivity contribution is -0.0963. The third-order valence-electron chi connectivity index (χ3n) is 11.6. The van der Waals surface area contributed by atoms with E-state index in [2.05, 4.69) is 55.4 Å². The van der Waals surface area contributed by atoms with Crippen LogP contribution in [0.2, 0.25) is 0 Å². The first kappa shape index (κ1) is 24.5. The van der Waals surface area contributed by atoms with E-state index in [9.17, 15) is 10.2 Å². The summed E-state index contributed by atoms with van der Waals surface area (Å²) in [7, 11) is 0. The fraction of sp³-hybridized carbons (Fsp3) is 0.867. The second-order valence-corrected chi connectivity index (χ2v) is 13.8. The van der Waals surface area contributed by atoms with Gasteiger partial charge in [-0.25, -0.2) is 0 Å². The summed E-state index contributed by atoms with van der Waals surface area (Å²) in [5, 5.41) is 21.4. The minimum absolute atomic E-state index is 0.0149. The minimum atomic E-state index is -0.311. The van der Waals surface area contributed by atoms with Crippen molar-refractivity contribution in [3.63, 3.8) is 0 Å². The van der Waals surface area contributed by atoms with E-state index in [-0.39, 0.29) is 23.0 Å². The molecule has 0 amide bonds. The van der Waals surface area contributed by atoms with Crippen LogP contribution in [0.5, 0.6) is 0 Å². The number of hydrogen-bond donors (Lipinski definition) is 2. The number of aliphatic hydroxyl groups excluding tert-OH is 2. The van der Waals surface area contributed by atoms with Gasteiger partial charge in [-0.1, -0.05) is 64.3 Å². The number of rotatable bonds is 4. The van der Waals surface area contributed by atoms with Crippen molar-refractivity contribution in [2.45, 2.75) is 125 Å². The third kappa shape index (κ3) is 3.41. The van der Waals surface area contributed by atoms with E-state index < -0.39 is 0 Å². The lowest BCUT2D eigenvalue weighted by Gasteiger charge is -2.62. The average Bonchev–Trinajstić information content (AvgIpc) is 2.96. The van der Waals surface area contributed by atoms with Crippen LogP contribution in [-0.4, -0.2) is 22.4 Å². The fourth-order valence-electron chi connectivity index (χ4n) is 9.63. The second-order valence-electron chi connectivity index (χ2n) is 13.8. The van der Waals surface area contributed by atoms with Crippen molar-refractivity contribution in [3.05, 3.63) is 22.8 Å². The Morgan fingerprint density at radius 3 is 2.31 bits per heavy atom. The predicted molar refractivity (Wildman–Crippen MR) is 134 cm³/mol. The zero-order chi connectivity index (χ0) is 23.7. The summed E-state index contributed by atoms with van der Waals surface area (Å²) in [5.41, 5.74) is 5.75. The Kier molecular flexibility index (Phi) is 6.11. The summed E-state index contributed by atoms with van der Waals surface area (Å²) >= 11 is 0. The predicted octanol–water partition coefficient (Wildman–Crippen LogP) is 7.45. The van der Waals surface area contributed by atoms with Crippen molar-refractivity contribution >= 4 is 0 Å². The standard InChI is InChI=1S/C30H50O2/c1-19(2)17-21(31)18-20(3)22-11-15-30(8)24-9-10-25-27(4,5)26(32)13-14-28(25,6)23(24)12-16-29(22,30)7/h17,20-22,25-26,31-32H,9-16,18H2,1-8H3. The molecule has 182 valence electrons. The number of hydrogen-bond acceptors (Lipinski definition) is 2. The van der Waals surface area contributed by atoms with Gasteiger partial charge in [0.1, 0.15) is 0 Å². The molecule has 0 aliphatic heterocycles. The molecule has 2 fully saturated rings. The third-order valence-corrected chi connectivity index (χ3v) is 11.6. The van der Waals surface area contributed by atoms with Crippen LogP contribution in [0.1, 0.15) is 113 Å². The highest BCUT2D eigenvalue weighted by Crippen LogP contribution is 2.72. The second kappa shape index (κ2) is 7.98. The maximum absolute atomic E-state index is 10.8. The van der Waals surface area contributed by atoms with Crippen LogP contribution in [0, 0.1) is 39.4 Å². The van der Waals surface area contributed by atoms with E-state index in [1.165, 1.54) is 44.1 Å². The molecule has 2 heteroatoms. The Morgan fingerprint density at radius 1 is 0.969 bits per heavy atom. The van der Waals surface area contributed by atoms with Crippen LogP contribution in [0.4, 0.5) is 0 Å². The molecular formula is C30H50O2. The molecular weight excluding hydrogens is 392 g/mol. The first-order chi connectivity index (χ1) is 14.8. The Labute approximate surface area is 198 Å². The van der Waals surface area contributed by atoms with Gasteiger partial charge in [-0.05, 0) is 111 Å². The molecule has 0 radical (unpaired) electrons. The molecule has 0 bridgehead atoms. The number of aliphatic hydroxyl groups is 2. The van der Waals surface area contributed by atoms with Gasteiger partial charge in [0.2, 0.25) is 0 Å². The summed E-state index contributed by atoms with van der Waals surface area (Å²) in [6.45, 7) is 19.0. The van der Waals surface area contributed by atoms with Crippen LogP contribution < -0.4 is 0 Å². The molecule has 0 aromatic heterocycles. The molecule has 8 atom stereocenters. The van der Waals surface area contributed by atoms with E-state index in [0.717, 1.165) is 19.3 Å².